The fourth-order valence-electron chi connectivity index (χ4n) is 1.94. The Bertz CT molecular complexity index is 343. The Morgan fingerprint density at radius 1 is 0.882 bits per heavy atom. The first-order valence-corrected chi connectivity index (χ1v) is 5.99. The van der Waals surface area contributed by atoms with Crippen molar-refractivity contribution in [3.63, 3.8) is 0 Å². The normalized spacial score (nSPS) is 24.5. The third kappa shape index (κ3) is 3.19. The predicted molar refractivity (Wildman–Crippen MR) is 61.2 cm³/mol. The average molecular weight is 236 g/mol. The van der Waals surface area contributed by atoms with E-state index in [0.29, 0.717) is 13.2 Å². The summed E-state index contributed by atoms with van der Waals surface area (Å²) >= 11 is 0. The van der Waals surface area contributed by atoms with Crippen LogP contribution in [0.15, 0.2) is 23.3 Å². The number of rotatable bonds is 4. The van der Waals surface area contributed by atoms with Gasteiger partial charge in [0.1, 0.15) is 0 Å². The summed E-state index contributed by atoms with van der Waals surface area (Å²) in [5, 5.41) is 0. The molecule has 2 fully saturated rings. The minimum Gasteiger partial charge on any atom is -0.462 e. The van der Waals surface area contributed by atoms with Gasteiger partial charge in [-0.05, 0) is 19.3 Å². The molecule has 4 nitrogen and oxygen atoms in total. The van der Waals surface area contributed by atoms with Gasteiger partial charge in [-0.2, -0.15) is 0 Å². The van der Waals surface area contributed by atoms with Crippen molar-refractivity contribution < 1.29 is 19.1 Å². The van der Waals surface area contributed by atoms with Gasteiger partial charge in [-0.15, -0.1) is 0 Å². The number of unbranched alkanes of at least 4 members (excludes halogenated alkanes) is 2. The highest BCUT2D eigenvalue weighted by molar-refractivity contribution is 5.90. The Hall–Kier alpha value is -1.58. The number of cyclic esters (lactones) is 2. The van der Waals surface area contributed by atoms with Gasteiger partial charge in [0.05, 0.1) is 13.2 Å². The highest BCUT2D eigenvalue weighted by Gasteiger charge is 2.18. The third-order valence-electron chi connectivity index (χ3n) is 2.92. The number of hydrogen-bond acceptors (Lipinski definition) is 4. The van der Waals surface area contributed by atoms with Crippen LogP contribution in [-0.4, -0.2) is 25.2 Å². The molecule has 0 atom stereocenters. The standard InChI is InChI=1S/C13H16O4/c14-12-10(6-8-16-12)4-2-1-3-5-11-7-9-17-13(11)15/h4-5H,1-3,6-9H2. The van der Waals surface area contributed by atoms with E-state index in [-0.39, 0.29) is 11.9 Å². The van der Waals surface area contributed by atoms with Crippen molar-refractivity contribution in [2.75, 3.05) is 13.2 Å². The van der Waals surface area contributed by atoms with Crippen molar-refractivity contribution in [1.29, 1.82) is 0 Å². The number of allylic oxidation sites excluding steroid dienone is 2. The SMILES string of the molecule is O=C1OCCC1=CCCCC=C1CCOC1=O. The zero-order chi connectivity index (χ0) is 12.1. The van der Waals surface area contributed by atoms with Gasteiger partial charge in [0, 0.05) is 24.0 Å². The zero-order valence-corrected chi connectivity index (χ0v) is 9.74. The predicted octanol–water partition coefficient (Wildman–Crippen LogP) is 1.90. The van der Waals surface area contributed by atoms with Gasteiger partial charge >= 0.3 is 11.9 Å². The van der Waals surface area contributed by atoms with Gasteiger partial charge in [-0.25, -0.2) is 9.59 Å². The van der Waals surface area contributed by atoms with Crippen LogP contribution in [0.25, 0.3) is 0 Å². The molecule has 92 valence electrons. The van der Waals surface area contributed by atoms with Crippen molar-refractivity contribution >= 4 is 11.9 Å². The van der Waals surface area contributed by atoms with Crippen molar-refractivity contribution in [2.45, 2.75) is 32.1 Å². The molecule has 17 heavy (non-hydrogen) atoms. The summed E-state index contributed by atoms with van der Waals surface area (Å²) in [5.41, 5.74) is 1.58. The summed E-state index contributed by atoms with van der Waals surface area (Å²) < 4.78 is 9.68. The van der Waals surface area contributed by atoms with Gasteiger partial charge in [-0.1, -0.05) is 12.2 Å². The van der Waals surface area contributed by atoms with E-state index in [4.69, 9.17) is 9.47 Å². The molecular weight excluding hydrogens is 220 g/mol. The Kier molecular flexibility index (Phi) is 3.96. The molecule has 2 saturated heterocycles. The summed E-state index contributed by atoms with van der Waals surface area (Å²) in [7, 11) is 0. The van der Waals surface area contributed by atoms with Gasteiger partial charge in [0.25, 0.3) is 0 Å². The molecule has 0 spiro atoms. The lowest BCUT2D eigenvalue weighted by Gasteiger charge is -1.94. The van der Waals surface area contributed by atoms with E-state index < -0.39 is 0 Å². The molecule has 4 heteroatoms. The van der Waals surface area contributed by atoms with Crippen LogP contribution in [0.1, 0.15) is 32.1 Å². The molecule has 0 unspecified atom stereocenters. The largest absolute Gasteiger partial charge is 0.462 e. The Balaban J connectivity index is 1.70. The van der Waals surface area contributed by atoms with Crippen LogP contribution in [0.3, 0.4) is 0 Å². The van der Waals surface area contributed by atoms with Crippen molar-refractivity contribution in [2.24, 2.45) is 0 Å². The second-order valence-electron chi connectivity index (χ2n) is 4.16. The quantitative estimate of drug-likeness (QED) is 0.425. The molecule has 0 radical (unpaired) electrons. The lowest BCUT2D eigenvalue weighted by Crippen LogP contribution is -1.95. The summed E-state index contributed by atoms with van der Waals surface area (Å²) in [6.45, 7) is 1.03. The van der Waals surface area contributed by atoms with Crippen LogP contribution in [-0.2, 0) is 19.1 Å². The molecule has 2 aliphatic rings. The topological polar surface area (TPSA) is 52.6 Å². The first-order chi connectivity index (χ1) is 8.27. The Labute approximate surface area is 100 Å². The van der Waals surface area contributed by atoms with Crippen LogP contribution < -0.4 is 0 Å². The summed E-state index contributed by atoms with van der Waals surface area (Å²) in [4.78, 5) is 22.3. The number of carbonyl (C=O) groups is 2. The second kappa shape index (κ2) is 5.66. The molecule has 0 aliphatic carbocycles. The molecule has 2 heterocycles. The minimum atomic E-state index is -0.178. The molecule has 2 aliphatic heterocycles. The van der Waals surface area contributed by atoms with Crippen molar-refractivity contribution in [3.8, 4) is 0 Å². The van der Waals surface area contributed by atoms with Crippen LogP contribution >= 0.6 is 0 Å². The van der Waals surface area contributed by atoms with Crippen LogP contribution in [0, 0.1) is 0 Å². The van der Waals surface area contributed by atoms with E-state index in [1.807, 2.05) is 12.2 Å². The number of hydrogen-bond donors (Lipinski definition) is 0. The lowest BCUT2D eigenvalue weighted by atomic mass is 10.1. The summed E-state index contributed by atoms with van der Waals surface area (Å²) in [6, 6.07) is 0. The van der Waals surface area contributed by atoms with Crippen molar-refractivity contribution in [1.82, 2.24) is 0 Å². The van der Waals surface area contributed by atoms with Gasteiger partial charge in [0.2, 0.25) is 0 Å². The van der Waals surface area contributed by atoms with Crippen LogP contribution in [0.2, 0.25) is 0 Å². The highest BCUT2D eigenvalue weighted by atomic mass is 16.5. The molecular formula is C13H16O4. The molecule has 0 aromatic heterocycles. The van der Waals surface area contributed by atoms with Gasteiger partial charge in [0.15, 0.2) is 0 Å². The van der Waals surface area contributed by atoms with Crippen molar-refractivity contribution in [3.05, 3.63) is 23.3 Å². The summed E-state index contributed by atoms with van der Waals surface area (Å²) in [5.74, 6) is -0.356. The smallest absolute Gasteiger partial charge is 0.333 e. The average Bonchev–Trinajstić information content (AvgIpc) is 2.89. The monoisotopic (exact) mass is 236 g/mol. The molecule has 0 saturated carbocycles. The van der Waals surface area contributed by atoms with E-state index in [2.05, 4.69) is 0 Å². The van der Waals surface area contributed by atoms with E-state index in [1.54, 1.807) is 0 Å². The molecule has 0 bridgehead atoms. The number of ether oxygens (including phenoxy) is 2. The minimum absolute atomic E-state index is 0.178. The fourth-order valence-corrected chi connectivity index (χ4v) is 1.94. The first kappa shape index (κ1) is 11.9. The number of esters is 2. The maximum absolute atomic E-state index is 11.1. The van der Waals surface area contributed by atoms with E-state index in [1.165, 1.54) is 0 Å². The third-order valence-corrected chi connectivity index (χ3v) is 2.92. The highest BCUT2D eigenvalue weighted by Crippen LogP contribution is 2.17. The fraction of sp³-hybridized carbons (Fsp3) is 0.538. The Morgan fingerprint density at radius 2 is 1.35 bits per heavy atom. The Morgan fingerprint density at radius 3 is 1.71 bits per heavy atom. The molecule has 0 aromatic rings. The maximum atomic E-state index is 11.1. The van der Waals surface area contributed by atoms with E-state index in [0.717, 1.165) is 43.3 Å². The van der Waals surface area contributed by atoms with Crippen LogP contribution in [0.5, 0.6) is 0 Å². The van der Waals surface area contributed by atoms with Crippen LogP contribution in [0.4, 0.5) is 0 Å². The first-order valence-electron chi connectivity index (χ1n) is 5.99. The summed E-state index contributed by atoms with van der Waals surface area (Å²) in [6.07, 6.45) is 7.99. The van der Waals surface area contributed by atoms with E-state index in [9.17, 15) is 9.59 Å². The molecule has 0 N–H and O–H groups in total. The van der Waals surface area contributed by atoms with E-state index >= 15 is 0 Å². The lowest BCUT2D eigenvalue weighted by molar-refractivity contribution is -0.135. The second-order valence-corrected chi connectivity index (χ2v) is 4.16. The number of carbonyl (C=O) groups excluding carboxylic acids is 2. The van der Waals surface area contributed by atoms with Gasteiger partial charge < -0.3 is 9.47 Å². The molecule has 2 rings (SSSR count). The van der Waals surface area contributed by atoms with Gasteiger partial charge in [-0.3, -0.25) is 0 Å². The zero-order valence-electron chi connectivity index (χ0n) is 9.74. The maximum Gasteiger partial charge on any atom is 0.333 e. The molecule has 0 amide bonds. The molecule has 0 aromatic carbocycles.